The van der Waals surface area contributed by atoms with E-state index in [1.165, 1.54) is 80.1 Å². The molecular weight excluding hydrogens is 1800 g/mol. The zero-order valence-corrected chi connectivity index (χ0v) is 74.2. The van der Waals surface area contributed by atoms with Crippen LogP contribution >= 0.6 is 89.5 Å². The van der Waals surface area contributed by atoms with Crippen molar-refractivity contribution in [3.63, 3.8) is 0 Å². The molecule has 33 heteroatoms. The Hall–Kier alpha value is -8.88. The summed E-state index contributed by atoms with van der Waals surface area (Å²) < 4.78 is 141. The van der Waals surface area contributed by atoms with Gasteiger partial charge in [-0.15, -0.1) is 11.8 Å². The highest BCUT2D eigenvalue weighted by molar-refractivity contribution is 9.10. The monoisotopic (exact) mass is 1870 g/mol. The molecule has 2 aliphatic rings. The lowest BCUT2D eigenvalue weighted by Gasteiger charge is -2.32. The standard InChI is InChI=1S/C24H20F2N2S.C17H13BrF2N2.C17H13ClF2N2O2S.C14H19BF2O2.C9H6BrClN2.C5H6Cl2N2O2/c1-15-12-18(24(25)26)8-10-20(15)23-21-11-9-19(13-22(21)27-16(2)28-23)29-14-17-6-4-3-5-7-17;1-9-7-11(17(19)20)3-5-13(9)16-14-6-4-12(18)8-15(14)21-10(2)22-16;1-9-7-11(17(19)20)3-5-13(9)16-14-6-4-12(25(18,23)24)8-15(14)21-10(2)22-16;1-9-8-10(12(16)17)6-7-11(9)15-18-13(2,3)14(4,5)19-15;1-5-12-8-4-6(10)2-3-7(8)9(11)13-5;1-5(2)3(10)8(6)4(11)9(5)7/h3-13,24H,14H2,1-2H3;3-8,17H,1-2H3;3-8,17H,1-2H3;6-8,12H,1-5H3;2-4H,1H3;1-2H3. The second-order valence-electron chi connectivity index (χ2n) is 29.2. The fourth-order valence-corrected chi connectivity index (χ4v) is 15.6. The van der Waals surface area contributed by atoms with Crippen molar-refractivity contribution in [2.45, 2.75) is 155 Å². The van der Waals surface area contributed by atoms with E-state index in [1.54, 1.807) is 62.9 Å². The Morgan fingerprint density at radius 2 is 0.824 bits per heavy atom. The van der Waals surface area contributed by atoms with Crippen LogP contribution in [0.4, 0.5) is 39.9 Å². The maximum atomic E-state index is 13.0. The molecule has 2 fully saturated rings. The number of fused-ring (bicyclic) bond motifs is 4. The second-order valence-corrected chi connectivity index (χ2v) is 35.6. The van der Waals surface area contributed by atoms with Crippen molar-refractivity contribution in [1.82, 2.24) is 48.7 Å². The fraction of sp³-hybridized carbons (Fsp3) is 0.256. The van der Waals surface area contributed by atoms with Crippen molar-refractivity contribution in [3.05, 3.63) is 263 Å². The van der Waals surface area contributed by atoms with Crippen molar-refractivity contribution in [3.8, 4) is 33.8 Å². The van der Waals surface area contributed by atoms with E-state index in [0.717, 1.165) is 101 Å². The molecule has 2 saturated heterocycles. The Morgan fingerprint density at radius 1 is 0.454 bits per heavy atom. The molecule has 15 rings (SSSR count). The average molecular weight is 1880 g/mol. The maximum Gasteiger partial charge on any atom is 0.495 e. The van der Waals surface area contributed by atoms with Crippen LogP contribution in [0.15, 0.2) is 195 Å². The van der Waals surface area contributed by atoms with Crippen LogP contribution in [0, 0.1) is 55.4 Å². The van der Waals surface area contributed by atoms with Crippen LogP contribution in [0.3, 0.4) is 0 Å². The molecule has 16 nitrogen and oxygen atoms in total. The van der Waals surface area contributed by atoms with E-state index in [1.807, 2.05) is 123 Å². The highest BCUT2D eigenvalue weighted by Crippen LogP contribution is 2.40. The first-order valence-electron chi connectivity index (χ1n) is 36.5. The molecule has 0 aliphatic carbocycles. The number of nitrogens with zero attached hydrogens (tertiary/aromatic N) is 10. The molecule has 0 saturated carbocycles. The number of aryl methyl sites for hydroxylation is 8. The summed E-state index contributed by atoms with van der Waals surface area (Å²) in [5.41, 5.74) is 10.6. The third kappa shape index (κ3) is 22.3. The van der Waals surface area contributed by atoms with Gasteiger partial charge < -0.3 is 9.31 Å². The van der Waals surface area contributed by atoms with Gasteiger partial charge in [0.1, 0.15) is 34.0 Å². The van der Waals surface area contributed by atoms with Gasteiger partial charge in [-0.25, -0.2) is 92.6 Å². The highest BCUT2D eigenvalue weighted by Gasteiger charge is 2.53. The average Bonchev–Trinajstić information content (AvgIpc) is 0.953. The van der Waals surface area contributed by atoms with Gasteiger partial charge >= 0.3 is 13.1 Å². The number of amides is 3. The van der Waals surface area contributed by atoms with Crippen molar-refractivity contribution < 1.29 is 62.4 Å². The number of thioether (sulfide) groups is 1. The Labute approximate surface area is 724 Å². The molecular formula is C86H77BBr2Cl4F8N10O6S2. The number of carbonyl (C=O) groups excluding carboxylic acids is 2. The molecule has 0 radical (unpaired) electrons. The maximum absolute atomic E-state index is 13.0. The van der Waals surface area contributed by atoms with Gasteiger partial charge in [0.15, 0.2) is 0 Å². The third-order valence-electron chi connectivity index (χ3n) is 19.4. The van der Waals surface area contributed by atoms with Crippen LogP contribution in [-0.4, -0.2) is 92.9 Å². The smallest absolute Gasteiger partial charge is 0.399 e. The predicted molar refractivity (Wildman–Crippen MR) is 464 cm³/mol. The molecule has 0 unspecified atom stereocenters. The number of aromatic nitrogens is 8. The number of hydrogen-bond acceptors (Lipinski definition) is 15. The van der Waals surface area contributed by atoms with E-state index in [4.69, 9.17) is 55.1 Å². The van der Waals surface area contributed by atoms with E-state index in [-0.39, 0.29) is 27.1 Å². The second kappa shape index (κ2) is 38.5. The minimum absolute atomic E-state index is 0.0257. The third-order valence-corrected chi connectivity index (χ3v) is 24.0. The van der Waals surface area contributed by atoms with Gasteiger partial charge in [-0.1, -0.05) is 134 Å². The largest absolute Gasteiger partial charge is 0.495 e. The number of rotatable bonds is 12. The zero-order chi connectivity index (χ0) is 87.2. The van der Waals surface area contributed by atoms with Crippen LogP contribution in [0.25, 0.3) is 77.4 Å². The summed E-state index contributed by atoms with van der Waals surface area (Å²) in [6, 6.07) is 50.0. The van der Waals surface area contributed by atoms with Gasteiger partial charge in [0.2, 0.25) is 0 Å². The van der Waals surface area contributed by atoms with Gasteiger partial charge in [0, 0.05) is 114 Å². The summed E-state index contributed by atoms with van der Waals surface area (Å²) >= 11 is 25.3. The quantitative estimate of drug-likeness (QED) is 0.0213. The molecule has 0 N–H and O–H groups in total. The minimum atomic E-state index is -3.88. The van der Waals surface area contributed by atoms with E-state index < -0.39 is 70.6 Å². The zero-order valence-electron chi connectivity index (χ0n) is 66.4. The minimum Gasteiger partial charge on any atom is -0.399 e. The molecule has 0 atom stereocenters. The number of carbonyl (C=O) groups is 2. The molecule has 3 amide bonds. The van der Waals surface area contributed by atoms with Gasteiger partial charge in [0.05, 0.1) is 55.2 Å². The molecule has 119 heavy (non-hydrogen) atoms. The molecule has 4 aromatic heterocycles. The summed E-state index contributed by atoms with van der Waals surface area (Å²) in [4.78, 5) is 58.3. The lowest BCUT2D eigenvalue weighted by atomic mass is 9.76. The molecule has 9 aromatic carbocycles. The topological polar surface area (TPSA) is 196 Å². The Morgan fingerprint density at radius 3 is 1.20 bits per heavy atom. The van der Waals surface area contributed by atoms with Crippen LogP contribution in [0.1, 0.15) is 141 Å². The van der Waals surface area contributed by atoms with E-state index in [2.05, 4.69) is 96.0 Å². The van der Waals surface area contributed by atoms with Crippen molar-refractivity contribution in [2.75, 3.05) is 0 Å². The normalized spacial score (nSPS) is 14.1. The van der Waals surface area contributed by atoms with Crippen LogP contribution in [-0.2, 0) is 28.9 Å². The van der Waals surface area contributed by atoms with E-state index >= 15 is 0 Å². The predicted octanol–water partition coefficient (Wildman–Crippen LogP) is 25.5. The summed E-state index contributed by atoms with van der Waals surface area (Å²) in [5.74, 6) is 2.81. The highest BCUT2D eigenvalue weighted by atomic mass is 79.9. The fourth-order valence-electron chi connectivity index (χ4n) is 12.5. The number of urea groups is 1. The van der Waals surface area contributed by atoms with Crippen LogP contribution < -0.4 is 5.46 Å². The van der Waals surface area contributed by atoms with Crippen molar-refractivity contribution in [1.29, 1.82) is 0 Å². The Bertz CT molecular complexity index is 6100. The molecule has 6 heterocycles. The first-order valence-corrected chi connectivity index (χ1v) is 42.4. The molecule has 13 aromatic rings. The summed E-state index contributed by atoms with van der Waals surface area (Å²) in [6.45, 7) is 25.3. The summed E-state index contributed by atoms with van der Waals surface area (Å²) in [7, 11) is 1.00. The van der Waals surface area contributed by atoms with Crippen molar-refractivity contribution in [2.24, 2.45) is 0 Å². The number of imide groups is 1. The number of benzene rings is 9. The lowest BCUT2D eigenvalue weighted by molar-refractivity contribution is -0.127. The van der Waals surface area contributed by atoms with E-state index in [9.17, 15) is 53.1 Å². The lowest BCUT2D eigenvalue weighted by Crippen LogP contribution is -2.41. The molecule has 0 spiro atoms. The van der Waals surface area contributed by atoms with E-state index in [0.29, 0.717) is 60.6 Å². The number of alkyl halides is 8. The molecule has 0 bridgehead atoms. The van der Waals surface area contributed by atoms with Gasteiger partial charge in [-0.2, -0.15) is 4.42 Å². The Kier molecular flexibility index (Phi) is 29.9. The summed E-state index contributed by atoms with van der Waals surface area (Å²) in [5, 5.41) is 3.84. The molecule has 2 aliphatic heterocycles. The van der Waals surface area contributed by atoms with Gasteiger partial charge in [0.25, 0.3) is 40.7 Å². The SMILES string of the molecule is CC1(C)C(=O)N(Cl)C(=O)N1Cl.Cc1cc(C(F)F)ccc1B1OC(C)(C)C(C)(C)O1.Cc1nc(-c2ccc(C(F)F)cc2C)c2ccc(Br)cc2n1.Cc1nc(-c2ccc(C(F)F)cc2C)c2ccc(S(=O)(=O)Cl)cc2n1.Cc1nc(-c2ccc(C(F)F)cc2C)c2ccc(SCc3ccccc3)cc2n1.Cc1nc(Cl)c2ccc(Br)cc2n1. The van der Waals surface area contributed by atoms with Crippen molar-refractivity contribution >= 4 is 167 Å². The Balaban J connectivity index is 0.000000154. The first-order chi connectivity index (χ1) is 55.8. The number of hydrogen-bond donors (Lipinski definition) is 0. The van der Waals surface area contributed by atoms with Gasteiger partial charge in [-0.3, -0.25) is 4.79 Å². The van der Waals surface area contributed by atoms with Gasteiger partial charge in [-0.05, 0) is 216 Å². The number of halogens is 14. The molecule has 620 valence electrons. The van der Waals surface area contributed by atoms with Crippen LogP contribution in [0.2, 0.25) is 5.15 Å². The first kappa shape index (κ1) is 92.4. The van der Waals surface area contributed by atoms with Crippen LogP contribution in [0.5, 0.6) is 0 Å². The summed E-state index contributed by atoms with van der Waals surface area (Å²) in [6.07, 6.45) is -9.94.